The van der Waals surface area contributed by atoms with Crippen molar-refractivity contribution in [3.8, 4) is 0 Å². The fourth-order valence-electron chi connectivity index (χ4n) is 1.74. The number of amides is 1. The number of halogens is 3. The standard InChI is InChI=1S/C13H15Cl3N2O/c1-7(17-6-11(19)18-8-2-3-8)9-4-5-10(14)13(16)12(9)15/h4-5,7-8,17H,2-3,6H2,1H3,(H,18,19). The number of hydrogen-bond donors (Lipinski definition) is 2. The van der Waals surface area contributed by atoms with Crippen LogP contribution in [0, 0.1) is 0 Å². The molecule has 3 nitrogen and oxygen atoms in total. The van der Waals surface area contributed by atoms with Crippen molar-refractivity contribution in [1.82, 2.24) is 10.6 Å². The Morgan fingerprint density at radius 1 is 1.32 bits per heavy atom. The van der Waals surface area contributed by atoms with Crippen molar-refractivity contribution in [3.63, 3.8) is 0 Å². The third kappa shape index (κ3) is 3.99. The molecule has 104 valence electrons. The van der Waals surface area contributed by atoms with Crippen LogP contribution < -0.4 is 10.6 Å². The Kier molecular flexibility index (Phi) is 4.96. The lowest BCUT2D eigenvalue weighted by atomic mass is 10.1. The molecule has 0 aromatic heterocycles. The maximum Gasteiger partial charge on any atom is 0.234 e. The first-order chi connectivity index (χ1) is 8.99. The van der Waals surface area contributed by atoms with Gasteiger partial charge in [-0.05, 0) is 31.4 Å². The summed E-state index contributed by atoms with van der Waals surface area (Å²) in [6.45, 7) is 2.18. The van der Waals surface area contributed by atoms with E-state index >= 15 is 0 Å². The minimum atomic E-state index is -0.0766. The van der Waals surface area contributed by atoms with Gasteiger partial charge in [-0.15, -0.1) is 0 Å². The minimum absolute atomic E-state index is 0.00512. The first-order valence-corrected chi connectivity index (χ1v) is 7.28. The average molecular weight is 322 g/mol. The molecule has 2 N–H and O–H groups in total. The SMILES string of the molecule is CC(NCC(=O)NC1CC1)c1ccc(Cl)c(Cl)c1Cl. The highest BCUT2D eigenvalue weighted by Crippen LogP contribution is 2.35. The molecule has 0 saturated heterocycles. The van der Waals surface area contributed by atoms with E-state index in [1.165, 1.54) is 0 Å². The summed E-state index contributed by atoms with van der Waals surface area (Å²) in [4.78, 5) is 11.6. The van der Waals surface area contributed by atoms with Crippen molar-refractivity contribution in [2.24, 2.45) is 0 Å². The Balaban J connectivity index is 1.93. The maximum absolute atomic E-state index is 11.6. The number of benzene rings is 1. The first-order valence-electron chi connectivity index (χ1n) is 6.15. The molecule has 0 spiro atoms. The minimum Gasteiger partial charge on any atom is -0.352 e. The van der Waals surface area contributed by atoms with Gasteiger partial charge in [-0.2, -0.15) is 0 Å². The number of rotatable bonds is 5. The predicted octanol–water partition coefficient (Wildman–Crippen LogP) is 3.58. The van der Waals surface area contributed by atoms with Gasteiger partial charge in [-0.1, -0.05) is 40.9 Å². The Bertz CT molecular complexity index is 489. The van der Waals surface area contributed by atoms with E-state index in [4.69, 9.17) is 34.8 Å². The third-order valence-electron chi connectivity index (χ3n) is 3.04. The van der Waals surface area contributed by atoms with Crippen LogP contribution in [-0.2, 0) is 4.79 Å². The molecular formula is C13H15Cl3N2O. The summed E-state index contributed by atoms with van der Waals surface area (Å²) >= 11 is 18.0. The molecule has 1 saturated carbocycles. The highest BCUT2D eigenvalue weighted by molar-refractivity contribution is 6.48. The van der Waals surface area contributed by atoms with Crippen molar-refractivity contribution >= 4 is 40.7 Å². The predicted molar refractivity (Wildman–Crippen MR) is 79.1 cm³/mol. The quantitative estimate of drug-likeness (QED) is 0.814. The fourth-order valence-corrected chi connectivity index (χ4v) is 2.44. The second-order valence-electron chi connectivity index (χ2n) is 4.71. The topological polar surface area (TPSA) is 41.1 Å². The fraction of sp³-hybridized carbons (Fsp3) is 0.462. The highest BCUT2D eigenvalue weighted by Gasteiger charge is 2.23. The zero-order valence-electron chi connectivity index (χ0n) is 10.5. The number of nitrogens with one attached hydrogen (secondary N) is 2. The Morgan fingerprint density at radius 2 is 2.00 bits per heavy atom. The zero-order chi connectivity index (χ0) is 14.0. The average Bonchev–Trinajstić information content (AvgIpc) is 3.17. The van der Waals surface area contributed by atoms with E-state index in [0.717, 1.165) is 18.4 Å². The van der Waals surface area contributed by atoms with Gasteiger partial charge in [0.25, 0.3) is 0 Å². The van der Waals surface area contributed by atoms with E-state index in [-0.39, 0.29) is 18.5 Å². The van der Waals surface area contributed by atoms with Crippen LogP contribution in [0.3, 0.4) is 0 Å². The van der Waals surface area contributed by atoms with E-state index in [1.54, 1.807) is 6.07 Å². The van der Waals surface area contributed by atoms with Crippen molar-refractivity contribution in [2.75, 3.05) is 6.54 Å². The molecule has 1 aromatic carbocycles. The molecule has 0 aliphatic heterocycles. The van der Waals surface area contributed by atoms with Crippen molar-refractivity contribution in [1.29, 1.82) is 0 Å². The summed E-state index contributed by atoms with van der Waals surface area (Å²) in [5, 5.41) is 7.23. The van der Waals surface area contributed by atoms with Gasteiger partial charge < -0.3 is 10.6 Å². The monoisotopic (exact) mass is 320 g/mol. The number of hydrogen-bond acceptors (Lipinski definition) is 2. The lowest BCUT2D eigenvalue weighted by Gasteiger charge is -2.16. The molecule has 0 heterocycles. The first kappa shape index (κ1) is 14.9. The molecule has 1 aromatic rings. The van der Waals surface area contributed by atoms with E-state index in [1.807, 2.05) is 13.0 Å². The molecule has 1 atom stereocenters. The van der Waals surface area contributed by atoms with Crippen LogP contribution in [0.25, 0.3) is 0 Å². The normalized spacial score (nSPS) is 16.2. The van der Waals surface area contributed by atoms with E-state index in [0.29, 0.717) is 21.1 Å². The molecule has 1 unspecified atom stereocenters. The van der Waals surface area contributed by atoms with Gasteiger partial charge in [0.05, 0.1) is 21.6 Å². The summed E-state index contributed by atoms with van der Waals surface area (Å²) < 4.78 is 0. The van der Waals surface area contributed by atoms with Crippen molar-refractivity contribution in [3.05, 3.63) is 32.8 Å². The molecule has 0 bridgehead atoms. The van der Waals surface area contributed by atoms with Gasteiger partial charge >= 0.3 is 0 Å². The van der Waals surface area contributed by atoms with Gasteiger partial charge in [0.1, 0.15) is 0 Å². The molecule has 0 radical (unpaired) electrons. The Morgan fingerprint density at radius 3 is 2.63 bits per heavy atom. The molecule has 1 aliphatic carbocycles. The summed E-state index contributed by atoms with van der Waals surface area (Å²) in [7, 11) is 0. The number of carbonyl (C=O) groups is 1. The van der Waals surface area contributed by atoms with Gasteiger partial charge in [0.2, 0.25) is 5.91 Å². The molecule has 19 heavy (non-hydrogen) atoms. The number of carbonyl (C=O) groups excluding carboxylic acids is 1. The van der Waals surface area contributed by atoms with Crippen LogP contribution in [0.4, 0.5) is 0 Å². The smallest absolute Gasteiger partial charge is 0.234 e. The van der Waals surface area contributed by atoms with Crippen LogP contribution >= 0.6 is 34.8 Å². The second-order valence-corrected chi connectivity index (χ2v) is 5.87. The lowest BCUT2D eigenvalue weighted by molar-refractivity contribution is -0.120. The summed E-state index contributed by atoms with van der Waals surface area (Å²) in [5.74, 6) is 0.00512. The van der Waals surface area contributed by atoms with Gasteiger partial charge in [-0.25, -0.2) is 0 Å². The Hall–Kier alpha value is -0.480. The molecular weight excluding hydrogens is 307 g/mol. The summed E-state index contributed by atoms with van der Waals surface area (Å²) in [6.07, 6.45) is 2.17. The van der Waals surface area contributed by atoms with E-state index < -0.39 is 0 Å². The summed E-state index contributed by atoms with van der Waals surface area (Å²) in [6, 6.07) is 3.81. The van der Waals surface area contributed by atoms with E-state index in [2.05, 4.69) is 10.6 Å². The van der Waals surface area contributed by atoms with Gasteiger partial charge in [0, 0.05) is 12.1 Å². The molecule has 1 fully saturated rings. The molecule has 2 rings (SSSR count). The van der Waals surface area contributed by atoms with Crippen LogP contribution in [0.15, 0.2) is 12.1 Å². The van der Waals surface area contributed by atoms with Crippen molar-refractivity contribution in [2.45, 2.75) is 31.8 Å². The van der Waals surface area contributed by atoms with Crippen LogP contribution in [0.2, 0.25) is 15.1 Å². The Labute approximate surface area is 127 Å². The molecule has 6 heteroatoms. The second kappa shape index (κ2) is 6.31. The van der Waals surface area contributed by atoms with E-state index in [9.17, 15) is 4.79 Å². The summed E-state index contributed by atoms with van der Waals surface area (Å²) in [5.41, 5.74) is 0.829. The van der Waals surface area contributed by atoms with Crippen LogP contribution in [0.5, 0.6) is 0 Å². The van der Waals surface area contributed by atoms with Crippen LogP contribution in [-0.4, -0.2) is 18.5 Å². The molecule has 1 aliphatic rings. The zero-order valence-corrected chi connectivity index (χ0v) is 12.7. The molecule has 1 amide bonds. The lowest BCUT2D eigenvalue weighted by Crippen LogP contribution is -2.36. The largest absolute Gasteiger partial charge is 0.352 e. The van der Waals surface area contributed by atoms with Crippen LogP contribution in [0.1, 0.15) is 31.4 Å². The van der Waals surface area contributed by atoms with Crippen molar-refractivity contribution < 1.29 is 4.79 Å². The highest BCUT2D eigenvalue weighted by atomic mass is 35.5. The van der Waals surface area contributed by atoms with Gasteiger partial charge in [-0.3, -0.25) is 4.79 Å². The maximum atomic E-state index is 11.6. The third-order valence-corrected chi connectivity index (χ3v) is 4.35. The van der Waals surface area contributed by atoms with Gasteiger partial charge in [0.15, 0.2) is 0 Å².